The number of benzene rings is 1. The molecule has 0 fully saturated rings. The molecule has 19 heavy (non-hydrogen) atoms. The number of anilines is 1. The molecule has 0 bridgehead atoms. The SMILES string of the molecule is CCN(CC)CCCCN=C(N)Nc1ccccc1. The standard InChI is InChI=1S/C15H26N4/c1-3-19(4-2)13-9-8-12-17-15(16)18-14-10-6-5-7-11-14/h5-7,10-11H,3-4,8-9,12-13H2,1-2H3,(H3,16,17,18). The number of unbranched alkanes of at least 4 members (excludes halogenated alkanes) is 1. The van der Waals surface area contributed by atoms with E-state index >= 15 is 0 Å². The molecule has 0 aliphatic rings. The van der Waals surface area contributed by atoms with Crippen molar-refractivity contribution >= 4 is 11.6 Å². The number of guanidine groups is 1. The van der Waals surface area contributed by atoms with E-state index in [0.717, 1.165) is 38.3 Å². The van der Waals surface area contributed by atoms with Crippen LogP contribution in [0, 0.1) is 0 Å². The van der Waals surface area contributed by atoms with Gasteiger partial charge in [-0.05, 0) is 44.6 Å². The van der Waals surface area contributed by atoms with E-state index in [1.165, 1.54) is 6.42 Å². The lowest BCUT2D eigenvalue weighted by molar-refractivity contribution is 0.298. The molecule has 0 amide bonds. The summed E-state index contributed by atoms with van der Waals surface area (Å²) in [7, 11) is 0. The molecular formula is C15H26N4. The smallest absolute Gasteiger partial charge is 0.193 e. The molecule has 0 radical (unpaired) electrons. The third kappa shape index (κ3) is 6.82. The second-order valence-corrected chi connectivity index (χ2v) is 4.49. The van der Waals surface area contributed by atoms with E-state index in [0.29, 0.717) is 5.96 Å². The molecule has 1 aromatic rings. The molecule has 0 atom stereocenters. The highest BCUT2D eigenvalue weighted by atomic mass is 15.1. The van der Waals surface area contributed by atoms with Crippen LogP contribution >= 0.6 is 0 Å². The summed E-state index contributed by atoms with van der Waals surface area (Å²) in [6.45, 7) is 8.57. The number of rotatable bonds is 8. The van der Waals surface area contributed by atoms with E-state index in [1.807, 2.05) is 30.3 Å². The topological polar surface area (TPSA) is 53.6 Å². The van der Waals surface area contributed by atoms with Crippen LogP contribution in [-0.2, 0) is 0 Å². The van der Waals surface area contributed by atoms with Gasteiger partial charge < -0.3 is 16.0 Å². The Hall–Kier alpha value is -1.55. The van der Waals surface area contributed by atoms with E-state index in [-0.39, 0.29) is 0 Å². The molecule has 0 spiro atoms. The summed E-state index contributed by atoms with van der Waals surface area (Å²) in [6.07, 6.45) is 2.25. The van der Waals surface area contributed by atoms with Crippen molar-refractivity contribution in [3.8, 4) is 0 Å². The third-order valence-corrected chi connectivity index (χ3v) is 3.11. The van der Waals surface area contributed by atoms with Crippen molar-refractivity contribution in [2.45, 2.75) is 26.7 Å². The fourth-order valence-electron chi connectivity index (χ4n) is 1.90. The number of aliphatic imine (C=N–C) groups is 1. The van der Waals surface area contributed by atoms with Gasteiger partial charge in [-0.2, -0.15) is 0 Å². The summed E-state index contributed by atoms with van der Waals surface area (Å²) in [5, 5.41) is 3.08. The Balaban J connectivity index is 2.18. The second kappa shape index (κ2) is 9.39. The molecule has 4 heteroatoms. The predicted octanol–water partition coefficient (Wildman–Crippen LogP) is 2.54. The largest absolute Gasteiger partial charge is 0.370 e. The van der Waals surface area contributed by atoms with Crippen LogP contribution in [-0.4, -0.2) is 37.0 Å². The minimum Gasteiger partial charge on any atom is -0.370 e. The zero-order valence-corrected chi connectivity index (χ0v) is 12.1. The van der Waals surface area contributed by atoms with Crippen LogP contribution in [0.4, 0.5) is 5.69 Å². The molecule has 106 valence electrons. The first-order chi connectivity index (χ1) is 9.26. The van der Waals surface area contributed by atoms with Gasteiger partial charge in [0.05, 0.1) is 0 Å². The van der Waals surface area contributed by atoms with Crippen molar-refractivity contribution in [1.82, 2.24) is 4.90 Å². The lowest BCUT2D eigenvalue weighted by Crippen LogP contribution is -2.24. The normalized spacial score (nSPS) is 11.8. The molecule has 3 N–H and O–H groups in total. The first kappa shape index (κ1) is 15.5. The van der Waals surface area contributed by atoms with Crippen molar-refractivity contribution in [3.05, 3.63) is 30.3 Å². The number of hydrogen-bond acceptors (Lipinski definition) is 2. The van der Waals surface area contributed by atoms with Crippen LogP contribution in [0.25, 0.3) is 0 Å². The van der Waals surface area contributed by atoms with Gasteiger partial charge in [0, 0.05) is 12.2 Å². The molecule has 0 aromatic heterocycles. The molecule has 0 aliphatic heterocycles. The monoisotopic (exact) mass is 262 g/mol. The molecule has 0 saturated carbocycles. The van der Waals surface area contributed by atoms with E-state index in [4.69, 9.17) is 5.73 Å². The molecule has 0 aliphatic carbocycles. The summed E-state index contributed by atoms with van der Waals surface area (Å²) < 4.78 is 0. The predicted molar refractivity (Wildman–Crippen MR) is 83.6 cm³/mol. The van der Waals surface area contributed by atoms with Crippen molar-refractivity contribution in [2.24, 2.45) is 10.7 Å². The number of para-hydroxylation sites is 1. The number of nitrogens with one attached hydrogen (secondary N) is 1. The second-order valence-electron chi connectivity index (χ2n) is 4.49. The molecule has 0 saturated heterocycles. The summed E-state index contributed by atoms with van der Waals surface area (Å²) in [6, 6.07) is 9.87. The van der Waals surface area contributed by atoms with E-state index in [9.17, 15) is 0 Å². The van der Waals surface area contributed by atoms with Gasteiger partial charge in [0.2, 0.25) is 0 Å². The molecule has 0 heterocycles. The first-order valence-electron chi connectivity index (χ1n) is 7.10. The highest BCUT2D eigenvalue weighted by Gasteiger charge is 1.98. The van der Waals surface area contributed by atoms with Crippen LogP contribution in [0.5, 0.6) is 0 Å². The Morgan fingerprint density at radius 3 is 2.47 bits per heavy atom. The number of nitrogens with two attached hydrogens (primary N) is 1. The van der Waals surface area contributed by atoms with Gasteiger partial charge in [0.1, 0.15) is 0 Å². The van der Waals surface area contributed by atoms with Crippen molar-refractivity contribution < 1.29 is 0 Å². The van der Waals surface area contributed by atoms with Gasteiger partial charge in [0.15, 0.2) is 5.96 Å². The molecule has 1 aromatic carbocycles. The zero-order chi connectivity index (χ0) is 13.9. The molecular weight excluding hydrogens is 236 g/mol. The van der Waals surface area contributed by atoms with E-state index in [1.54, 1.807) is 0 Å². The highest BCUT2D eigenvalue weighted by Crippen LogP contribution is 2.04. The lowest BCUT2D eigenvalue weighted by Gasteiger charge is -2.17. The Bertz CT molecular complexity index is 358. The van der Waals surface area contributed by atoms with Crippen LogP contribution in [0.2, 0.25) is 0 Å². The number of nitrogens with zero attached hydrogens (tertiary/aromatic N) is 2. The minimum absolute atomic E-state index is 0.494. The van der Waals surface area contributed by atoms with Crippen molar-refractivity contribution in [3.63, 3.8) is 0 Å². The van der Waals surface area contributed by atoms with Gasteiger partial charge in [-0.25, -0.2) is 0 Å². The lowest BCUT2D eigenvalue weighted by atomic mass is 10.3. The Morgan fingerprint density at radius 2 is 1.84 bits per heavy atom. The zero-order valence-electron chi connectivity index (χ0n) is 12.1. The summed E-state index contributed by atoms with van der Waals surface area (Å²) in [5.41, 5.74) is 6.81. The summed E-state index contributed by atoms with van der Waals surface area (Å²) >= 11 is 0. The van der Waals surface area contributed by atoms with Crippen LogP contribution < -0.4 is 11.1 Å². The van der Waals surface area contributed by atoms with Crippen LogP contribution in [0.15, 0.2) is 35.3 Å². The van der Waals surface area contributed by atoms with E-state index < -0.39 is 0 Å². The molecule has 1 rings (SSSR count). The maximum atomic E-state index is 5.83. The average Bonchev–Trinajstić information content (AvgIpc) is 2.44. The maximum Gasteiger partial charge on any atom is 0.193 e. The fraction of sp³-hybridized carbons (Fsp3) is 0.533. The van der Waals surface area contributed by atoms with E-state index in [2.05, 4.69) is 29.1 Å². The summed E-state index contributed by atoms with van der Waals surface area (Å²) in [5.74, 6) is 0.494. The molecule has 0 unspecified atom stereocenters. The minimum atomic E-state index is 0.494. The van der Waals surface area contributed by atoms with Gasteiger partial charge >= 0.3 is 0 Å². The Morgan fingerprint density at radius 1 is 1.16 bits per heavy atom. The highest BCUT2D eigenvalue weighted by molar-refractivity contribution is 5.92. The quantitative estimate of drug-likeness (QED) is 0.430. The van der Waals surface area contributed by atoms with Crippen molar-refractivity contribution in [2.75, 3.05) is 31.5 Å². The third-order valence-electron chi connectivity index (χ3n) is 3.11. The van der Waals surface area contributed by atoms with Gasteiger partial charge in [-0.3, -0.25) is 4.99 Å². The summed E-state index contributed by atoms with van der Waals surface area (Å²) in [4.78, 5) is 6.76. The van der Waals surface area contributed by atoms with Crippen molar-refractivity contribution in [1.29, 1.82) is 0 Å². The van der Waals surface area contributed by atoms with Gasteiger partial charge in [-0.15, -0.1) is 0 Å². The maximum absolute atomic E-state index is 5.83. The van der Waals surface area contributed by atoms with Crippen LogP contribution in [0.1, 0.15) is 26.7 Å². The average molecular weight is 262 g/mol. The Labute approximate surface area is 116 Å². The fourth-order valence-corrected chi connectivity index (χ4v) is 1.90. The first-order valence-corrected chi connectivity index (χ1v) is 7.10. The van der Waals surface area contributed by atoms with Gasteiger partial charge in [-0.1, -0.05) is 32.0 Å². The number of hydrogen-bond donors (Lipinski definition) is 2. The Kier molecular flexibility index (Phi) is 7.66. The molecule has 4 nitrogen and oxygen atoms in total. The van der Waals surface area contributed by atoms with Gasteiger partial charge in [0.25, 0.3) is 0 Å². The van der Waals surface area contributed by atoms with Crippen LogP contribution in [0.3, 0.4) is 0 Å².